The first-order valence-corrected chi connectivity index (χ1v) is 26.4. The Morgan fingerprint density at radius 2 is 0.523 bits per heavy atom. The molecule has 0 aromatic heterocycles. The maximum absolute atomic E-state index is 2.37. The molecule has 5 unspecified atom stereocenters. The normalized spacial score (nSPS) is 15.8. The van der Waals surface area contributed by atoms with E-state index in [-0.39, 0.29) is 29.7 Å². The lowest BCUT2D eigenvalue weighted by Gasteiger charge is -2.24. The number of rotatable bonds is 19. The molecule has 402 valence electrons. The zero-order valence-corrected chi connectivity index (χ0v) is 48.9. The van der Waals surface area contributed by atoms with E-state index >= 15 is 0 Å². The second kappa shape index (κ2) is 44.4. The quantitative estimate of drug-likeness (QED) is 0.113. The highest BCUT2D eigenvalue weighted by molar-refractivity contribution is 4.96. The highest BCUT2D eigenvalue weighted by Gasteiger charge is 2.18. The first-order valence-electron chi connectivity index (χ1n) is 26.4. The van der Waals surface area contributed by atoms with Crippen molar-refractivity contribution >= 4 is 0 Å². The molecule has 0 heterocycles. The van der Waals surface area contributed by atoms with E-state index in [1.165, 1.54) is 38.5 Å². The van der Waals surface area contributed by atoms with Crippen LogP contribution in [0.5, 0.6) is 0 Å². The molecule has 0 bridgehead atoms. The summed E-state index contributed by atoms with van der Waals surface area (Å²) >= 11 is 0. The third-order valence-corrected chi connectivity index (χ3v) is 14.4. The van der Waals surface area contributed by atoms with Crippen molar-refractivity contribution in [1.29, 1.82) is 0 Å². The number of hydrogen-bond donors (Lipinski definition) is 0. The van der Waals surface area contributed by atoms with Gasteiger partial charge in [0.2, 0.25) is 0 Å². The number of allylic oxidation sites excluding steroid dienone is 6. The van der Waals surface area contributed by atoms with Gasteiger partial charge in [-0.05, 0) is 111 Å². The van der Waals surface area contributed by atoms with E-state index in [9.17, 15) is 0 Å². The zero-order valence-electron chi connectivity index (χ0n) is 48.9. The predicted octanol–water partition coefficient (Wildman–Crippen LogP) is 24.3. The summed E-state index contributed by atoms with van der Waals surface area (Å²) in [6.07, 6.45) is 22.5. The molecule has 0 heteroatoms. The molecule has 0 radical (unpaired) electrons. The van der Waals surface area contributed by atoms with Crippen LogP contribution in [0.3, 0.4) is 0 Å². The lowest BCUT2D eigenvalue weighted by Crippen LogP contribution is -2.15. The van der Waals surface area contributed by atoms with Gasteiger partial charge in [-0.2, -0.15) is 0 Å². The summed E-state index contributed by atoms with van der Waals surface area (Å²) in [5.74, 6) is 11.6. The highest BCUT2D eigenvalue weighted by atomic mass is 14.2. The molecule has 0 aromatic carbocycles. The Labute approximate surface area is 422 Å². The highest BCUT2D eigenvalue weighted by Crippen LogP contribution is 2.29. The smallest absolute Gasteiger partial charge is 0.0213 e. The molecule has 0 aliphatic carbocycles. The molecule has 0 saturated carbocycles. The first-order chi connectivity index (χ1) is 27.3. The fourth-order valence-electron chi connectivity index (χ4n) is 4.97. The SMILES string of the molecule is C.C.C.C.CC(C)C(C)/C=C/[C@@H](C)C(C)(C)C.CC(C)C(C)/C=C/[C@H](C)C(C)(C)C.CC(C)C(C)/C=C/[C@H](C)C(C)C.CC(C)C(C)CCCC(C)(C)C.CC(C)CCCC(C)C(C)C. The van der Waals surface area contributed by atoms with Crippen molar-refractivity contribution in [2.45, 2.75) is 283 Å². The molecule has 0 aliphatic heterocycles. The average Bonchev–Trinajstić information content (AvgIpc) is 3.10. The Balaban J connectivity index is -0.0000000849. The standard InChI is InChI=1S/2C13H26.C12H26.C12H24.C11H24.4CH4/c2*1-10(2)11(3)8-9-12(4)13(5,6)7;1-10(2)11(3)8-7-9-12(4,5)6;1-9(2)11(5)7-8-12(6)10(3)4;1-9(2)7-6-8-11(5)10(3)4;;;;/h2*8-12H,1-7H3;10-11H,7-9H2,1-6H3;7-12H,1-6H3;9-11H,6-8H2,1-5H3;4*1H4/b2*9-8+;;8-7+;;;;;/t2*11?,12-;;11-,12?;;;;;/m10.0...../s1. The molecular weight excluding hydrogens is 781 g/mol. The minimum absolute atomic E-state index is 0. The van der Waals surface area contributed by atoms with Crippen LogP contribution in [0.15, 0.2) is 36.5 Å². The van der Waals surface area contributed by atoms with E-state index in [0.29, 0.717) is 51.8 Å². The van der Waals surface area contributed by atoms with Crippen molar-refractivity contribution in [3.05, 3.63) is 36.5 Å². The van der Waals surface area contributed by atoms with Crippen molar-refractivity contribution in [1.82, 2.24) is 0 Å². The molecule has 0 spiro atoms. The van der Waals surface area contributed by atoms with Crippen LogP contribution in [0.1, 0.15) is 283 Å². The van der Waals surface area contributed by atoms with Crippen LogP contribution in [-0.4, -0.2) is 0 Å². The largest absolute Gasteiger partial charge is 0.0852 e. The Morgan fingerprint density at radius 1 is 0.292 bits per heavy atom. The first kappa shape index (κ1) is 84.2. The van der Waals surface area contributed by atoms with Crippen LogP contribution in [0, 0.1) is 105 Å². The van der Waals surface area contributed by atoms with E-state index in [1.54, 1.807) is 0 Å². The summed E-state index contributed by atoms with van der Waals surface area (Å²) in [5.41, 5.74) is 1.32. The summed E-state index contributed by atoms with van der Waals surface area (Å²) in [6.45, 7) is 71.3. The minimum atomic E-state index is 0. The third-order valence-electron chi connectivity index (χ3n) is 14.4. The van der Waals surface area contributed by atoms with Crippen LogP contribution >= 0.6 is 0 Å². The Bertz CT molecular complexity index is 963. The third kappa shape index (κ3) is 59.3. The van der Waals surface area contributed by atoms with Gasteiger partial charge in [0.1, 0.15) is 0 Å². The van der Waals surface area contributed by atoms with Gasteiger partial charge in [-0.3, -0.25) is 0 Å². The van der Waals surface area contributed by atoms with Crippen LogP contribution in [0.4, 0.5) is 0 Å². The molecule has 0 nitrogen and oxygen atoms in total. The lowest BCUT2D eigenvalue weighted by atomic mass is 9.81. The topological polar surface area (TPSA) is 0 Å². The number of hydrogen-bond acceptors (Lipinski definition) is 0. The van der Waals surface area contributed by atoms with Crippen LogP contribution in [0.25, 0.3) is 0 Å². The Hall–Kier alpha value is -0.780. The van der Waals surface area contributed by atoms with Gasteiger partial charge in [-0.25, -0.2) is 0 Å². The molecule has 0 saturated heterocycles. The average molecular weight is 924 g/mol. The van der Waals surface area contributed by atoms with Crippen molar-refractivity contribution in [2.75, 3.05) is 0 Å². The van der Waals surface area contributed by atoms with Gasteiger partial charge in [0.05, 0.1) is 0 Å². The zero-order chi connectivity index (χ0) is 49.6. The summed E-state index contributed by atoms with van der Waals surface area (Å²) in [5, 5.41) is 0. The molecule has 0 aromatic rings. The fraction of sp³-hybridized carbons (Fsp3) is 0.908. The summed E-state index contributed by atoms with van der Waals surface area (Å²) < 4.78 is 0. The monoisotopic (exact) mass is 923 g/mol. The molecule has 0 rings (SSSR count). The molecule has 65 heavy (non-hydrogen) atoms. The van der Waals surface area contributed by atoms with E-state index in [1.807, 2.05) is 0 Å². The van der Waals surface area contributed by atoms with Crippen molar-refractivity contribution in [3.63, 3.8) is 0 Å². The summed E-state index contributed by atoms with van der Waals surface area (Å²) in [7, 11) is 0. The Kier molecular flexibility index (Phi) is 57.5. The fourth-order valence-corrected chi connectivity index (χ4v) is 4.97. The van der Waals surface area contributed by atoms with Gasteiger partial charge in [0.25, 0.3) is 0 Å². The second-order valence-electron chi connectivity index (χ2n) is 26.1. The van der Waals surface area contributed by atoms with E-state index in [4.69, 9.17) is 0 Å². The van der Waals surface area contributed by atoms with Gasteiger partial charge in [-0.15, -0.1) is 0 Å². The van der Waals surface area contributed by atoms with Crippen LogP contribution < -0.4 is 0 Å². The van der Waals surface area contributed by atoms with Crippen LogP contribution in [-0.2, 0) is 0 Å². The van der Waals surface area contributed by atoms with Gasteiger partial charge in [-0.1, -0.05) is 313 Å². The summed E-state index contributed by atoms with van der Waals surface area (Å²) in [4.78, 5) is 0. The van der Waals surface area contributed by atoms with Crippen molar-refractivity contribution < 1.29 is 0 Å². The van der Waals surface area contributed by atoms with Gasteiger partial charge >= 0.3 is 0 Å². The molecular formula is C65H142. The van der Waals surface area contributed by atoms with Crippen LogP contribution in [0.2, 0.25) is 0 Å². The molecule has 0 amide bonds. The van der Waals surface area contributed by atoms with Gasteiger partial charge < -0.3 is 0 Å². The molecule has 0 fully saturated rings. The summed E-state index contributed by atoms with van der Waals surface area (Å²) in [6, 6.07) is 0. The maximum Gasteiger partial charge on any atom is -0.0213 e. The minimum Gasteiger partial charge on any atom is -0.0852 e. The molecule has 0 N–H and O–H groups in total. The Morgan fingerprint density at radius 3 is 0.708 bits per heavy atom. The van der Waals surface area contributed by atoms with Crippen molar-refractivity contribution in [2.24, 2.45) is 105 Å². The van der Waals surface area contributed by atoms with Gasteiger partial charge in [0.15, 0.2) is 0 Å². The van der Waals surface area contributed by atoms with Gasteiger partial charge in [0, 0.05) is 0 Å². The maximum atomic E-state index is 2.37. The molecule has 0 aliphatic rings. The van der Waals surface area contributed by atoms with Crippen molar-refractivity contribution in [3.8, 4) is 0 Å². The van der Waals surface area contributed by atoms with E-state index in [0.717, 1.165) is 53.3 Å². The van der Waals surface area contributed by atoms with E-state index < -0.39 is 0 Å². The van der Waals surface area contributed by atoms with E-state index in [2.05, 4.69) is 251 Å². The second-order valence-corrected chi connectivity index (χ2v) is 26.1. The lowest BCUT2D eigenvalue weighted by molar-refractivity contribution is 0.312. The predicted molar refractivity (Wildman–Crippen MR) is 318 cm³/mol. The molecule has 8 atom stereocenters.